The first-order valence-electron chi connectivity index (χ1n) is 44.9. The molecular formula is C99H103F6N23O14. The number of aryl methyl sites for hydroxylation is 4. The number of amides is 4. The summed E-state index contributed by atoms with van der Waals surface area (Å²) in [7, 11) is 3.16. The van der Waals surface area contributed by atoms with E-state index >= 15 is 0 Å². The van der Waals surface area contributed by atoms with Crippen molar-refractivity contribution in [2.45, 2.75) is 78.6 Å². The van der Waals surface area contributed by atoms with Gasteiger partial charge in [0.05, 0.1) is 155 Å². The topological polar surface area (TPSA) is 459 Å². The number of nitriles is 2. The molecule has 0 atom stereocenters. The van der Waals surface area contributed by atoms with Crippen molar-refractivity contribution >= 4 is 69.1 Å². The van der Waals surface area contributed by atoms with Gasteiger partial charge in [0.2, 0.25) is 0 Å². The van der Waals surface area contributed by atoms with Crippen LogP contribution in [0.2, 0.25) is 0 Å². The maximum Gasteiger partial charge on any atom is 0.433 e. The van der Waals surface area contributed by atoms with Crippen LogP contribution in [0.15, 0.2) is 164 Å². The van der Waals surface area contributed by atoms with E-state index in [0.717, 1.165) is 89.4 Å². The average Bonchev–Trinajstić information content (AvgIpc) is 0.806. The van der Waals surface area contributed by atoms with Crippen LogP contribution in [0.4, 0.5) is 71.8 Å². The van der Waals surface area contributed by atoms with Gasteiger partial charge in [0, 0.05) is 127 Å². The number of halogens is 6. The lowest BCUT2D eigenvalue weighted by Crippen LogP contribution is -2.36. The summed E-state index contributed by atoms with van der Waals surface area (Å²) < 4.78 is 122. The number of morpholine rings is 4. The highest BCUT2D eigenvalue weighted by Crippen LogP contribution is 2.40. The van der Waals surface area contributed by atoms with E-state index in [1.165, 1.54) is 12.3 Å². The standard InChI is InChI=1S/C26H28N6O3.C25H27N7O3.2C24H24F3N5O4/c1-17-5-6-19(29-24(33)18-7-8-28-23(13-18)26(2,3)16-27)14-20(17)21-15-22(25(34-4)31-30-21)32-9-11-35-12-10-32;1-16-5-6-18(28-23(33)17-11-22(30-27-14-17)25(2,3)15-26)12-19(16)20-13-21(24(34-4)31-29-20)32-7-9-35-10-8-32;1-15-2-3-17(29-22(34)16-4-5-28-21(12-16)24(25,26)27)13-18(15)19-14-20(32-6-9-35-10-7-32)23(31-30-19)36-11-8-33;1-15-2-3-17(29-22(34)20-12-16(4-5-28-20)24(25,26)27)13-18(15)19-14-21(32-6-9-35-10-7-32)23(31-30-19)36-11-8-33/h5-8,13-15H,9-12H2,1-4H3,(H,29,33);5-6,11-14H,7-10H2,1-4H3,(H,28,33);2*2-5,12-14,33H,6-11H2,1H3,(H,29,34). The highest BCUT2D eigenvalue weighted by molar-refractivity contribution is 6.07. The molecule has 8 aromatic heterocycles. The molecule has 0 saturated carbocycles. The minimum absolute atomic E-state index is 0.0650. The maximum absolute atomic E-state index is 13.0. The molecule has 0 radical (unpaired) electrons. The minimum atomic E-state index is -4.66. The first-order valence-corrected chi connectivity index (χ1v) is 44.9. The second kappa shape index (κ2) is 47.3. The first kappa shape index (κ1) is 104. The first-order chi connectivity index (χ1) is 68.2. The molecule has 6 N–H and O–H groups in total. The number of ether oxygens (including phenoxy) is 8. The summed E-state index contributed by atoms with van der Waals surface area (Å²) in [5.41, 5.74) is 11.6. The van der Waals surface area contributed by atoms with Gasteiger partial charge in [-0.05, 0) is 193 Å². The largest absolute Gasteiger partial charge is 0.478 e. The van der Waals surface area contributed by atoms with Gasteiger partial charge in [-0.25, -0.2) is 0 Å². The number of aliphatic hydroxyl groups excluding tert-OH is 2. The molecular weight excluding hydrogens is 1850 g/mol. The molecule has 142 heavy (non-hydrogen) atoms. The summed E-state index contributed by atoms with van der Waals surface area (Å²) in [6, 6.07) is 41.7. The van der Waals surface area contributed by atoms with Crippen molar-refractivity contribution in [2.24, 2.45) is 0 Å². The quantitative estimate of drug-likeness (QED) is 0.0274. The van der Waals surface area contributed by atoms with Gasteiger partial charge < -0.3 is 89.0 Å². The van der Waals surface area contributed by atoms with Gasteiger partial charge in [-0.1, -0.05) is 24.3 Å². The van der Waals surface area contributed by atoms with Crippen LogP contribution in [-0.4, -0.2) is 246 Å². The summed E-state index contributed by atoms with van der Waals surface area (Å²) in [4.78, 5) is 70.9. The van der Waals surface area contributed by atoms with Crippen molar-refractivity contribution in [3.63, 3.8) is 0 Å². The summed E-state index contributed by atoms with van der Waals surface area (Å²) >= 11 is 0. The monoisotopic (exact) mass is 1950 g/mol. The molecule has 4 aliphatic rings. The number of hydrogen-bond acceptors (Lipinski definition) is 33. The highest BCUT2D eigenvalue weighted by Gasteiger charge is 2.35. The Labute approximate surface area is 813 Å². The number of carbonyl (C=O) groups excluding carboxylic acids is 4. The van der Waals surface area contributed by atoms with Crippen molar-refractivity contribution < 1.29 is 93.6 Å². The third-order valence-corrected chi connectivity index (χ3v) is 22.9. The second-order valence-corrected chi connectivity index (χ2v) is 33.7. The number of benzene rings is 4. The molecule has 16 rings (SSSR count). The van der Waals surface area contributed by atoms with Crippen molar-refractivity contribution in [3.8, 4) is 80.7 Å². The van der Waals surface area contributed by atoms with Crippen molar-refractivity contribution in [1.29, 1.82) is 10.5 Å². The number of alkyl halides is 6. The number of hydrogen-bond donors (Lipinski definition) is 6. The molecule has 4 amide bonds. The van der Waals surface area contributed by atoms with Crippen molar-refractivity contribution in [2.75, 3.05) is 187 Å². The fourth-order valence-electron chi connectivity index (χ4n) is 14.9. The number of rotatable bonds is 26. The van der Waals surface area contributed by atoms with E-state index in [2.05, 4.69) is 119 Å². The third-order valence-electron chi connectivity index (χ3n) is 22.9. The summed E-state index contributed by atoms with van der Waals surface area (Å²) in [5.74, 6) is -0.617. The fourth-order valence-corrected chi connectivity index (χ4v) is 14.9. The lowest BCUT2D eigenvalue weighted by Gasteiger charge is -2.29. The van der Waals surface area contributed by atoms with Gasteiger partial charge >= 0.3 is 12.4 Å². The highest BCUT2D eigenvalue weighted by atomic mass is 19.4. The normalized spacial score (nSPS) is 13.9. The van der Waals surface area contributed by atoms with Crippen LogP contribution in [-0.2, 0) is 42.1 Å². The number of pyridine rings is 3. The lowest BCUT2D eigenvalue weighted by atomic mass is 9.90. The zero-order valence-corrected chi connectivity index (χ0v) is 79.3. The van der Waals surface area contributed by atoms with Crippen LogP contribution in [0.25, 0.3) is 45.0 Å². The third kappa shape index (κ3) is 26.7. The summed E-state index contributed by atoms with van der Waals surface area (Å²) in [6.07, 6.45) is -4.42. The average molecular weight is 1950 g/mol. The van der Waals surface area contributed by atoms with Gasteiger partial charge in [-0.3, -0.25) is 34.1 Å². The Morgan fingerprint density at radius 3 is 1.04 bits per heavy atom. The molecule has 12 heterocycles. The van der Waals surface area contributed by atoms with E-state index in [-0.39, 0.29) is 61.3 Å². The molecule has 43 heteroatoms. The Morgan fingerprint density at radius 1 is 0.380 bits per heavy atom. The number of aliphatic hydroxyl groups is 2. The number of carbonyl (C=O) groups is 4. The summed E-state index contributed by atoms with van der Waals surface area (Å²) in [5, 5.41) is 90.3. The van der Waals surface area contributed by atoms with Gasteiger partial charge in [0.25, 0.3) is 47.1 Å². The second-order valence-electron chi connectivity index (χ2n) is 33.7. The number of aromatic nitrogens is 13. The molecule has 4 aliphatic heterocycles. The molecule has 12 aromatic rings. The van der Waals surface area contributed by atoms with Crippen LogP contribution in [0, 0.1) is 50.4 Å². The Morgan fingerprint density at radius 2 is 0.697 bits per heavy atom. The molecule has 0 unspecified atom stereocenters. The Balaban J connectivity index is 0.000000159. The molecule has 0 bridgehead atoms. The van der Waals surface area contributed by atoms with Crippen molar-refractivity contribution in [1.82, 2.24) is 65.9 Å². The minimum Gasteiger partial charge on any atom is -0.478 e. The molecule has 0 aliphatic carbocycles. The molecule has 37 nitrogen and oxygen atoms in total. The summed E-state index contributed by atoms with van der Waals surface area (Å²) in [6.45, 7) is 24.7. The Bertz CT molecular complexity index is 6200. The molecule has 4 aromatic carbocycles. The van der Waals surface area contributed by atoms with Gasteiger partial charge in [0.1, 0.15) is 47.4 Å². The van der Waals surface area contributed by atoms with Gasteiger partial charge in [0.15, 0.2) is 0 Å². The Kier molecular flexibility index (Phi) is 34.6. The van der Waals surface area contributed by atoms with Crippen LogP contribution in [0.5, 0.6) is 23.5 Å². The maximum atomic E-state index is 13.0. The van der Waals surface area contributed by atoms with Crippen LogP contribution >= 0.6 is 0 Å². The zero-order valence-electron chi connectivity index (χ0n) is 79.3. The van der Waals surface area contributed by atoms with Crippen LogP contribution in [0.3, 0.4) is 0 Å². The van der Waals surface area contributed by atoms with E-state index in [1.54, 1.807) is 103 Å². The van der Waals surface area contributed by atoms with Crippen molar-refractivity contribution in [3.05, 3.63) is 232 Å². The predicted molar refractivity (Wildman–Crippen MR) is 513 cm³/mol. The van der Waals surface area contributed by atoms with E-state index < -0.39 is 46.3 Å². The smallest absolute Gasteiger partial charge is 0.433 e. The molecule has 4 saturated heterocycles. The number of anilines is 8. The van der Waals surface area contributed by atoms with E-state index in [9.17, 15) is 56.0 Å². The number of nitrogens with zero attached hydrogens (tertiary/aromatic N) is 19. The predicted octanol–water partition coefficient (Wildman–Crippen LogP) is 13.5. The van der Waals surface area contributed by atoms with E-state index in [0.29, 0.717) is 193 Å². The zero-order chi connectivity index (χ0) is 101. The molecule has 4 fully saturated rings. The van der Waals surface area contributed by atoms with E-state index in [1.807, 2.05) is 88.4 Å². The fraction of sp³-hybridized carbons (Fsp3) is 0.343. The molecule has 0 spiro atoms. The van der Waals surface area contributed by atoms with Crippen LogP contribution in [0.1, 0.15) is 114 Å². The van der Waals surface area contributed by atoms with E-state index in [4.69, 9.17) is 48.1 Å². The van der Waals surface area contributed by atoms with Gasteiger partial charge in [-0.15, -0.1) is 40.8 Å². The van der Waals surface area contributed by atoms with Gasteiger partial charge in [-0.2, -0.15) is 47.1 Å². The Hall–Kier alpha value is -15.7. The number of methoxy groups -OCH3 is 2. The number of nitrogens with one attached hydrogen (secondary N) is 4. The molecule has 740 valence electrons. The SMILES string of the molecule is COc1nnc(-c2cc(NC(=O)c3ccnc(C(C)(C)C#N)c3)ccc2C)cc1N1CCOCC1.COc1nnc(-c2cc(NC(=O)c3cnnc(C(C)(C)C#N)c3)ccc2C)cc1N1CCOCC1.Cc1ccc(NC(=O)c2cc(C(F)(F)F)ccn2)cc1-c1cc(N2CCOCC2)c(OCCO)nn1.Cc1ccc(NC(=O)c2ccnc(C(F)(F)F)c2)cc1-c1cc(N2CCOCC2)c(OCCO)nn1. The lowest BCUT2D eigenvalue weighted by molar-refractivity contribution is -0.141. The van der Waals surface area contributed by atoms with Crippen LogP contribution < -0.4 is 59.8 Å².